The van der Waals surface area contributed by atoms with Crippen molar-refractivity contribution >= 4 is 22.4 Å². The summed E-state index contributed by atoms with van der Waals surface area (Å²) in [5.41, 5.74) is 0. The number of rotatable bonds is 2. The molecular weight excluding hydrogens is 264 g/mol. The standard InChI is InChI=1S/C12H18N4O2S/c1-7-14-15-12(19-7)16-4-3-8-5-9(11(17)13-2)18-10(8)6-16/h8-10H,3-6H2,1-2H3,(H,13,17)/t8-,9-,10+/m1/s1. The molecule has 0 aliphatic carbocycles. The van der Waals surface area contributed by atoms with Crippen molar-refractivity contribution in [3.05, 3.63) is 5.01 Å². The summed E-state index contributed by atoms with van der Waals surface area (Å²) in [5, 5.41) is 12.8. The summed E-state index contributed by atoms with van der Waals surface area (Å²) in [6.07, 6.45) is 1.75. The number of nitrogens with one attached hydrogen (secondary N) is 1. The van der Waals surface area contributed by atoms with E-state index in [0.717, 1.165) is 36.1 Å². The van der Waals surface area contributed by atoms with Crippen molar-refractivity contribution < 1.29 is 9.53 Å². The van der Waals surface area contributed by atoms with Crippen LogP contribution in [0.1, 0.15) is 17.8 Å². The Balaban J connectivity index is 1.66. The average Bonchev–Trinajstić information content (AvgIpc) is 3.02. The molecule has 2 fully saturated rings. The topological polar surface area (TPSA) is 67.4 Å². The Morgan fingerprint density at radius 3 is 3.05 bits per heavy atom. The highest BCUT2D eigenvalue weighted by molar-refractivity contribution is 7.15. The van der Waals surface area contributed by atoms with Gasteiger partial charge >= 0.3 is 0 Å². The van der Waals surface area contributed by atoms with Crippen LogP contribution in [0.5, 0.6) is 0 Å². The second-order valence-corrected chi connectivity index (χ2v) is 6.27. The fourth-order valence-electron chi connectivity index (χ4n) is 2.85. The zero-order valence-corrected chi connectivity index (χ0v) is 11.9. The van der Waals surface area contributed by atoms with Crippen molar-refractivity contribution in [3.63, 3.8) is 0 Å². The van der Waals surface area contributed by atoms with Gasteiger partial charge in [-0.1, -0.05) is 11.3 Å². The fourth-order valence-corrected chi connectivity index (χ4v) is 3.57. The highest BCUT2D eigenvalue weighted by Gasteiger charge is 2.42. The number of likely N-dealkylation sites (N-methyl/N-ethyl adjacent to an activating group) is 1. The number of anilines is 1. The van der Waals surface area contributed by atoms with Gasteiger partial charge in [0.15, 0.2) is 0 Å². The van der Waals surface area contributed by atoms with Crippen molar-refractivity contribution in [2.75, 3.05) is 25.0 Å². The van der Waals surface area contributed by atoms with Crippen molar-refractivity contribution in [1.82, 2.24) is 15.5 Å². The van der Waals surface area contributed by atoms with Crippen LogP contribution in [0.15, 0.2) is 0 Å². The van der Waals surface area contributed by atoms with Crippen LogP contribution in [0.3, 0.4) is 0 Å². The zero-order chi connectivity index (χ0) is 13.4. The maximum Gasteiger partial charge on any atom is 0.248 e. The van der Waals surface area contributed by atoms with Gasteiger partial charge in [-0.05, 0) is 25.7 Å². The van der Waals surface area contributed by atoms with E-state index in [0.29, 0.717) is 5.92 Å². The lowest BCUT2D eigenvalue weighted by Crippen LogP contribution is -2.42. The van der Waals surface area contributed by atoms with E-state index in [2.05, 4.69) is 20.4 Å². The Labute approximate surface area is 116 Å². The average molecular weight is 282 g/mol. The number of nitrogens with zero attached hydrogens (tertiary/aromatic N) is 3. The maximum atomic E-state index is 11.6. The Hall–Kier alpha value is -1.21. The first-order valence-electron chi connectivity index (χ1n) is 6.59. The highest BCUT2D eigenvalue weighted by atomic mass is 32.1. The molecule has 19 heavy (non-hydrogen) atoms. The third-order valence-corrected chi connectivity index (χ3v) is 4.78. The summed E-state index contributed by atoms with van der Waals surface area (Å²) in [6, 6.07) is 0. The van der Waals surface area contributed by atoms with E-state index in [1.807, 2.05) is 6.92 Å². The van der Waals surface area contributed by atoms with Crippen molar-refractivity contribution in [2.45, 2.75) is 32.0 Å². The van der Waals surface area contributed by atoms with E-state index in [9.17, 15) is 4.79 Å². The van der Waals surface area contributed by atoms with Crippen molar-refractivity contribution in [3.8, 4) is 0 Å². The van der Waals surface area contributed by atoms with Gasteiger partial charge in [0.05, 0.1) is 6.10 Å². The molecule has 0 aromatic carbocycles. The maximum absolute atomic E-state index is 11.6. The van der Waals surface area contributed by atoms with E-state index >= 15 is 0 Å². The minimum Gasteiger partial charge on any atom is -0.363 e. The second-order valence-electron chi connectivity index (χ2n) is 5.11. The summed E-state index contributed by atoms with van der Waals surface area (Å²) in [7, 11) is 1.66. The highest BCUT2D eigenvalue weighted by Crippen LogP contribution is 2.35. The molecule has 7 heteroatoms. The van der Waals surface area contributed by atoms with Gasteiger partial charge in [0.25, 0.3) is 0 Å². The third-order valence-electron chi connectivity index (χ3n) is 3.88. The number of ether oxygens (including phenoxy) is 1. The van der Waals surface area contributed by atoms with E-state index in [1.54, 1.807) is 18.4 Å². The van der Waals surface area contributed by atoms with Gasteiger partial charge in [0.2, 0.25) is 11.0 Å². The summed E-state index contributed by atoms with van der Waals surface area (Å²) >= 11 is 1.61. The van der Waals surface area contributed by atoms with Crippen molar-refractivity contribution in [2.24, 2.45) is 5.92 Å². The molecule has 2 aliphatic heterocycles. The molecule has 0 bridgehead atoms. The molecule has 104 valence electrons. The molecule has 3 rings (SSSR count). The number of piperidine rings is 1. The number of hydrogen-bond donors (Lipinski definition) is 1. The van der Waals surface area contributed by atoms with Crippen LogP contribution in [0.4, 0.5) is 5.13 Å². The predicted octanol–water partition coefficient (Wildman–Crippen LogP) is 0.576. The molecule has 0 spiro atoms. The minimum atomic E-state index is -0.281. The first-order chi connectivity index (χ1) is 9.17. The number of carbonyl (C=O) groups excluding carboxylic acids is 1. The van der Waals surface area contributed by atoms with Gasteiger partial charge in [0, 0.05) is 20.1 Å². The summed E-state index contributed by atoms with van der Waals surface area (Å²) in [4.78, 5) is 13.9. The number of carbonyl (C=O) groups is 1. The molecule has 2 aliphatic rings. The van der Waals surface area contributed by atoms with Crippen LogP contribution < -0.4 is 10.2 Å². The SMILES string of the molecule is CNC(=O)[C@H]1C[C@H]2CCN(c3nnc(C)s3)C[C@@H]2O1. The lowest BCUT2D eigenvalue weighted by Gasteiger charge is -2.33. The predicted molar refractivity (Wildman–Crippen MR) is 72.3 cm³/mol. The largest absolute Gasteiger partial charge is 0.363 e. The van der Waals surface area contributed by atoms with Gasteiger partial charge in [-0.3, -0.25) is 4.79 Å². The van der Waals surface area contributed by atoms with E-state index in [4.69, 9.17) is 4.74 Å². The Morgan fingerprint density at radius 2 is 2.37 bits per heavy atom. The molecule has 0 saturated carbocycles. The third kappa shape index (κ3) is 2.44. The summed E-state index contributed by atoms with van der Waals surface area (Å²) < 4.78 is 5.88. The molecule has 6 nitrogen and oxygen atoms in total. The molecule has 0 unspecified atom stereocenters. The number of amides is 1. The fraction of sp³-hybridized carbons (Fsp3) is 0.750. The lowest BCUT2D eigenvalue weighted by atomic mass is 9.92. The number of aromatic nitrogens is 2. The molecule has 2 saturated heterocycles. The molecule has 0 radical (unpaired) electrons. The number of hydrogen-bond acceptors (Lipinski definition) is 6. The monoisotopic (exact) mass is 282 g/mol. The zero-order valence-electron chi connectivity index (χ0n) is 11.1. The Morgan fingerprint density at radius 1 is 1.53 bits per heavy atom. The molecule has 3 heterocycles. The molecule has 3 atom stereocenters. The smallest absolute Gasteiger partial charge is 0.248 e. The van der Waals surface area contributed by atoms with E-state index < -0.39 is 0 Å². The lowest BCUT2D eigenvalue weighted by molar-refractivity contribution is -0.131. The molecule has 1 N–H and O–H groups in total. The first-order valence-corrected chi connectivity index (χ1v) is 7.41. The van der Waals surface area contributed by atoms with Crippen LogP contribution >= 0.6 is 11.3 Å². The van der Waals surface area contributed by atoms with Gasteiger partial charge in [-0.2, -0.15) is 0 Å². The molecule has 1 aromatic heterocycles. The Kier molecular flexibility index (Phi) is 3.40. The summed E-state index contributed by atoms with van der Waals surface area (Å²) in [5.74, 6) is 0.486. The Bertz CT molecular complexity index is 478. The van der Waals surface area contributed by atoms with Crippen LogP contribution in [0.25, 0.3) is 0 Å². The van der Waals surface area contributed by atoms with E-state index in [1.165, 1.54) is 0 Å². The first kappa shape index (κ1) is 12.8. The van der Waals surface area contributed by atoms with Crippen LogP contribution in [-0.4, -0.2) is 48.4 Å². The number of fused-ring (bicyclic) bond motifs is 1. The number of aryl methyl sites for hydroxylation is 1. The molecule has 1 aromatic rings. The van der Waals surface area contributed by atoms with Gasteiger partial charge in [0.1, 0.15) is 11.1 Å². The van der Waals surface area contributed by atoms with Crippen LogP contribution in [0.2, 0.25) is 0 Å². The van der Waals surface area contributed by atoms with Gasteiger partial charge < -0.3 is 15.0 Å². The van der Waals surface area contributed by atoms with E-state index in [-0.39, 0.29) is 18.1 Å². The van der Waals surface area contributed by atoms with Gasteiger partial charge in [-0.25, -0.2) is 0 Å². The van der Waals surface area contributed by atoms with Crippen LogP contribution in [-0.2, 0) is 9.53 Å². The van der Waals surface area contributed by atoms with Crippen LogP contribution in [0, 0.1) is 12.8 Å². The summed E-state index contributed by atoms with van der Waals surface area (Å²) in [6.45, 7) is 3.74. The normalized spacial score (nSPS) is 30.2. The van der Waals surface area contributed by atoms with Crippen molar-refractivity contribution in [1.29, 1.82) is 0 Å². The van der Waals surface area contributed by atoms with Gasteiger partial charge in [-0.15, -0.1) is 10.2 Å². The second kappa shape index (κ2) is 5.05. The molecular formula is C12H18N4O2S. The minimum absolute atomic E-state index is 0.00675. The quantitative estimate of drug-likeness (QED) is 0.859. The molecule has 1 amide bonds.